The van der Waals surface area contributed by atoms with Crippen LogP contribution in [0.3, 0.4) is 0 Å². The maximum absolute atomic E-state index is 11.4. The second-order valence-corrected chi connectivity index (χ2v) is 3.97. The molecule has 0 spiro atoms. The van der Waals surface area contributed by atoms with E-state index < -0.39 is 22.0 Å². The number of aryl methyl sites for hydroxylation is 2. The molecule has 6 heteroatoms. The van der Waals surface area contributed by atoms with Gasteiger partial charge >= 0.3 is 11.3 Å². The van der Waals surface area contributed by atoms with Crippen molar-refractivity contribution in [1.82, 2.24) is 0 Å². The van der Waals surface area contributed by atoms with Crippen molar-refractivity contribution in [2.45, 2.75) is 20.3 Å². The highest BCUT2D eigenvalue weighted by Gasteiger charge is 2.24. The normalized spacial score (nSPS) is 10.8. The molecule has 2 aromatic rings. The Labute approximate surface area is 102 Å². The van der Waals surface area contributed by atoms with E-state index in [1.165, 1.54) is 0 Å². The maximum atomic E-state index is 11.4. The zero-order valence-corrected chi connectivity index (χ0v) is 9.89. The van der Waals surface area contributed by atoms with E-state index in [0.29, 0.717) is 0 Å². The number of nitro groups is 1. The molecule has 94 valence electrons. The quantitative estimate of drug-likeness (QED) is 0.500. The molecule has 0 aliphatic carbocycles. The lowest BCUT2D eigenvalue weighted by molar-refractivity contribution is -0.388. The Morgan fingerprint density at radius 3 is 2.67 bits per heavy atom. The summed E-state index contributed by atoms with van der Waals surface area (Å²) >= 11 is 0. The minimum atomic E-state index is -1.14. The topological polar surface area (TPSA) is 93.6 Å². The van der Waals surface area contributed by atoms with Crippen molar-refractivity contribution in [3.63, 3.8) is 0 Å². The first-order chi connectivity index (χ1) is 8.45. The smallest absolute Gasteiger partial charge is 0.419 e. The molecule has 1 heterocycles. The van der Waals surface area contributed by atoms with Crippen molar-refractivity contribution >= 4 is 16.7 Å². The van der Waals surface area contributed by atoms with Gasteiger partial charge in [0.1, 0.15) is 5.58 Å². The number of hydrogen-bond donors (Lipinski definition) is 1. The average Bonchev–Trinajstić information content (AvgIpc) is 2.29. The van der Waals surface area contributed by atoms with Gasteiger partial charge in [0.2, 0.25) is 5.75 Å². The van der Waals surface area contributed by atoms with Crippen LogP contribution in [0.4, 0.5) is 5.69 Å². The minimum Gasteiger partial charge on any atom is -0.501 e. The Hall–Kier alpha value is -2.37. The van der Waals surface area contributed by atoms with Crippen LogP contribution in [0.15, 0.2) is 21.3 Å². The fourth-order valence-electron chi connectivity index (χ4n) is 1.91. The van der Waals surface area contributed by atoms with Crippen molar-refractivity contribution in [2.24, 2.45) is 0 Å². The molecular weight excluding hydrogens is 238 g/mol. The van der Waals surface area contributed by atoms with Gasteiger partial charge in [-0.15, -0.1) is 0 Å². The van der Waals surface area contributed by atoms with Gasteiger partial charge in [-0.25, -0.2) is 4.79 Å². The van der Waals surface area contributed by atoms with Crippen LogP contribution in [0.2, 0.25) is 0 Å². The maximum Gasteiger partial charge on any atom is 0.419 e. The van der Waals surface area contributed by atoms with Crippen molar-refractivity contribution in [2.75, 3.05) is 0 Å². The predicted octanol–water partition coefficient (Wildman–Crippen LogP) is 2.28. The van der Waals surface area contributed by atoms with E-state index >= 15 is 0 Å². The van der Waals surface area contributed by atoms with Crippen molar-refractivity contribution in [1.29, 1.82) is 0 Å². The van der Waals surface area contributed by atoms with Gasteiger partial charge < -0.3 is 9.52 Å². The first-order valence-corrected chi connectivity index (χ1v) is 5.39. The summed E-state index contributed by atoms with van der Waals surface area (Å²) in [5, 5.41) is 20.6. The lowest BCUT2D eigenvalue weighted by Crippen LogP contribution is -2.07. The molecule has 0 radical (unpaired) electrons. The fraction of sp³-hybridized carbons (Fsp3) is 0.250. The van der Waals surface area contributed by atoms with E-state index in [-0.39, 0.29) is 11.0 Å². The molecule has 0 amide bonds. The monoisotopic (exact) mass is 249 g/mol. The van der Waals surface area contributed by atoms with Crippen LogP contribution < -0.4 is 5.63 Å². The molecule has 6 nitrogen and oxygen atoms in total. The van der Waals surface area contributed by atoms with E-state index in [1.54, 1.807) is 12.1 Å². The summed E-state index contributed by atoms with van der Waals surface area (Å²) in [6.07, 6.45) is 0.739. The third kappa shape index (κ3) is 1.71. The Morgan fingerprint density at radius 1 is 1.44 bits per heavy atom. The Bertz CT molecular complexity index is 702. The van der Waals surface area contributed by atoms with Gasteiger partial charge in [-0.3, -0.25) is 10.1 Å². The molecule has 0 saturated heterocycles. The number of nitrogens with zero attached hydrogens (tertiary/aromatic N) is 1. The van der Waals surface area contributed by atoms with Gasteiger partial charge in [0.15, 0.2) is 0 Å². The van der Waals surface area contributed by atoms with E-state index in [2.05, 4.69) is 0 Å². The number of aromatic hydroxyl groups is 1. The first kappa shape index (κ1) is 12.1. The zero-order chi connectivity index (χ0) is 13.4. The van der Waals surface area contributed by atoms with Gasteiger partial charge in [0, 0.05) is 0 Å². The van der Waals surface area contributed by atoms with Gasteiger partial charge in [-0.2, -0.15) is 0 Å². The fourth-order valence-corrected chi connectivity index (χ4v) is 1.91. The third-order valence-corrected chi connectivity index (χ3v) is 2.88. The summed E-state index contributed by atoms with van der Waals surface area (Å²) in [4.78, 5) is 21.2. The molecule has 18 heavy (non-hydrogen) atoms. The van der Waals surface area contributed by atoms with E-state index in [4.69, 9.17) is 4.42 Å². The molecule has 0 unspecified atom stereocenters. The highest BCUT2D eigenvalue weighted by Crippen LogP contribution is 2.32. The number of hydrogen-bond acceptors (Lipinski definition) is 5. The second-order valence-electron chi connectivity index (χ2n) is 3.97. The molecule has 0 aliphatic heterocycles. The molecule has 1 aromatic carbocycles. The average molecular weight is 249 g/mol. The summed E-state index contributed by atoms with van der Waals surface area (Å²) in [6.45, 7) is 3.77. The molecule has 2 rings (SSSR count). The highest BCUT2D eigenvalue weighted by atomic mass is 16.6. The molecule has 0 fully saturated rings. The van der Waals surface area contributed by atoms with Gasteiger partial charge in [0.05, 0.1) is 10.3 Å². The number of fused-ring (bicyclic) bond motifs is 1. The van der Waals surface area contributed by atoms with Crippen LogP contribution in [0, 0.1) is 17.0 Å². The first-order valence-electron chi connectivity index (χ1n) is 5.39. The Morgan fingerprint density at radius 2 is 2.11 bits per heavy atom. The molecule has 0 atom stereocenters. The number of rotatable bonds is 2. The van der Waals surface area contributed by atoms with Gasteiger partial charge in [0.25, 0.3) is 0 Å². The van der Waals surface area contributed by atoms with Gasteiger partial charge in [-0.1, -0.05) is 6.92 Å². The summed E-state index contributed by atoms with van der Waals surface area (Å²) in [5.41, 5.74) is -0.0741. The Kier molecular flexibility index (Phi) is 2.78. The standard InChI is InChI=1S/C12H11NO5/c1-3-7-5-9-8(4-6(7)2)11(14)10(13(16)17)12(15)18-9/h4-5,14H,3H2,1-2H3. The lowest BCUT2D eigenvalue weighted by Gasteiger charge is -2.06. The van der Waals surface area contributed by atoms with E-state index in [9.17, 15) is 20.0 Å². The summed E-state index contributed by atoms with van der Waals surface area (Å²) in [6, 6.07) is 3.20. The summed E-state index contributed by atoms with van der Waals surface area (Å²) in [7, 11) is 0. The molecule has 0 bridgehead atoms. The SMILES string of the molecule is CCc1cc2oc(=O)c([N+](=O)[O-])c(O)c2cc1C. The predicted molar refractivity (Wildman–Crippen MR) is 64.9 cm³/mol. The summed E-state index contributed by atoms with van der Waals surface area (Å²) < 4.78 is 4.88. The van der Waals surface area contributed by atoms with E-state index in [1.807, 2.05) is 13.8 Å². The third-order valence-electron chi connectivity index (χ3n) is 2.88. The molecular formula is C12H11NO5. The summed E-state index contributed by atoms with van der Waals surface area (Å²) in [5.74, 6) is -0.642. The van der Waals surface area contributed by atoms with Crippen molar-refractivity contribution in [3.8, 4) is 5.75 Å². The van der Waals surface area contributed by atoms with Crippen LogP contribution in [0.25, 0.3) is 11.0 Å². The molecule has 0 aliphatic rings. The van der Waals surface area contributed by atoms with Crippen molar-refractivity contribution in [3.05, 3.63) is 43.8 Å². The minimum absolute atomic E-state index is 0.158. The zero-order valence-electron chi connectivity index (χ0n) is 9.89. The van der Waals surface area contributed by atoms with Crippen LogP contribution >= 0.6 is 0 Å². The van der Waals surface area contributed by atoms with Crippen LogP contribution in [0.1, 0.15) is 18.1 Å². The number of benzene rings is 1. The molecule has 0 saturated carbocycles. The molecule has 1 aromatic heterocycles. The second kappa shape index (κ2) is 4.14. The van der Waals surface area contributed by atoms with E-state index in [0.717, 1.165) is 17.5 Å². The van der Waals surface area contributed by atoms with Crippen molar-refractivity contribution < 1.29 is 14.4 Å². The van der Waals surface area contributed by atoms with Crippen LogP contribution in [-0.2, 0) is 6.42 Å². The largest absolute Gasteiger partial charge is 0.501 e. The lowest BCUT2D eigenvalue weighted by atomic mass is 10.0. The van der Waals surface area contributed by atoms with Gasteiger partial charge in [-0.05, 0) is 36.6 Å². The van der Waals surface area contributed by atoms with Crippen LogP contribution in [0.5, 0.6) is 5.75 Å². The molecule has 1 N–H and O–H groups in total. The Balaban J connectivity index is 2.91. The van der Waals surface area contributed by atoms with Crippen LogP contribution in [-0.4, -0.2) is 10.0 Å². The highest BCUT2D eigenvalue weighted by molar-refractivity contribution is 5.87.